The zero-order valence-electron chi connectivity index (χ0n) is 13.7. The van der Waals surface area contributed by atoms with Crippen molar-refractivity contribution in [3.63, 3.8) is 0 Å². The van der Waals surface area contributed by atoms with Crippen LogP contribution in [0.2, 0.25) is 0 Å². The quantitative estimate of drug-likeness (QED) is 0.799. The Morgan fingerprint density at radius 2 is 1.92 bits per heavy atom. The van der Waals surface area contributed by atoms with Gasteiger partial charge >= 0.3 is 0 Å². The summed E-state index contributed by atoms with van der Waals surface area (Å²) >= 11 is 0. The first-order valence-electron chi connectivity index (χ1n) is 7.94. The number of fused-ring (bicyclic) bond motifs is 1. The van der Waals surface area contributed by atoms with Crippen molar-refractivity contribution in [3.8, 4) is 18.2 Å². The molecule has 0 amide bonds. The van der Waals surface area contributed by atoms with Gasteiger partial charge in [0.05, 0.1) is 23.9 Å². The highest BCUT2D eigenvalue weighted by atomic mass is 19.1. The maximum atomic E-state index is 14.6. The van der Waals surface area contributed by atoms with E-state index < -0.39 is 23.1 Å². The number of halogens is 1. The van der Waals surface area contributed by atoms with Crippen molar-refractivity contribution in [1.82, 2.24) is 4.90 Å². The number of nitriles is 3. The third-order valence-corrected chi connectivity index (χ3v) is 5.21. The van der Waals surface area contributed by atoms with Crippen molar-refractivity contribution in [3.05, 3.63) is 47.3 Å². The van der Waals surface area contributed by atoms with Crippen LogP contribution in [0.15, 0.2) is 35.9 Å². The molecule has 1 N–H and O–H groups in total. The van der Waals surface area contributed by atoms with Gasteiger partial charge in [0.25, 0.3) is 0 Å². The average Bonchev–Trinajstić information content (AvgIpc) is 2.62. The Bertz CT molecular complexity index is 868. The molecular weight excluding hydrogens is 317 g/mol. The van der Waals surface area contributed by atoms with Gasteiger partial charge in [0.1, 0.15) is 11.7 Å². The summed E-state index contributed by atoms with van der Waals surface area (Å²) in [6.07, 6.45) is 1.88. The molecule has 0 spiro atoms. The Morgan fingerprint density at radius 3 is 2.52 bits per heavy atom. The van der Waals surface area contributed by atoms with Gasteiger partial charge in [-0.3, -0.25) is 0 Å². The SMILES string of the molecule is CN1CC=C2C(C#N)C(=N)C(C#N)(C#N)[C@@H](c3ccccc3F)[C@H]2C1. The lowest BCUT2D eigenvalue weighted by molar-refractivity contribution is 0.232. The van der Waals surface area contributed by atoms with Crippen molar-refractivity contribution >= 4 is 5.71 Å². The summed E-state index contributed by atoms with van der Waals surface area (Å²) in [4.78, 5) is 2.00. The number of nitrogens with one attached hydrogen (secondary N) is 1. The Kier molecular flexibility index (Phi) is 4.13. The minimum absolute atomic E-state index is 0.248. The minimum Gasteiger partial charge on any atom is -0.305 e. The van der Waals surface area contributed by atoms with Gasteiger partial charge in [0, 0.05) is 24.9 Å². The number of hydrogen-bond donors (Lipinski definition) is 1. The number of rotatable bonds is 1. The smallest absolute Gasteiger partial charge is 0.189 e. The van der Waals surface area contributed by atoms with Gasteiger partial charge in [-0.05, 0) is 24.3 Å². The van der Waals surface area contributed by atoms with Gasteiger partial charge in [-0.25, -0.2) is 4.39 Å². The fourth-order valence-corrected chi connectivity index (χ4v) is 4.02. The van der Waals surface area contributed by atoms with Gasteiger partial charge in [-0.15, -0.1) is 0 Å². The maximum Gasteiger partial charge on any atom is 0.189 e. The average molecular weight is 333 g/mol. The summed E-state index contributed by atoms with van der Waals surface area (Å²) in [5, 5.41) is 37.6. The van der Waals surface area contributed by atoms with E-state index in [4.69, 9.17) is 5.41 Å². The molecule has 1 saturated carbocycles. The van der Waals surface area contributed by atoms with Crippen LogP contribution in [0.1, 0.15) is 11.5 Å². The standard InChI is InChI=1S/C19H16FN5/c1-25-7-6-12-14(8-21)18(24)19(10-22,11-23)17(15(12)9-25)13-4-2-3-5-16(13)20/h2-6,14-15,17,24H,7,9H2,1H3/t14?,15-,17-/m0/s1. The summed E-state index contributed by atoms with van der Waals surface area (Å²) in [5.41, 5.74) is -1.14. The van der Waals surface area contributed by atoms with Gasteiger partial charge in [-0.2, -0.15) is 15.8 Å². The molecule has 25 heavy (non-hydrogen) atoms. The van der Waals surface area contributed by atoms with Crippen molar-refractivity contribution in [1.29, 1.82) is 21.2 Å². The molecule has 3 rings (SSSR count). The van der Waals surface area contributed by atoms with Crippen LogP contribution < -0.4 is 0 Å². The van der Waals surface area contributed by atoms with Crippen molar-refractivity contribution < 1.29 is 4.39 Å². The highest BCUT2D eigenvalue weighted by Gasteiger charge is 2.58. The van der Waals surface area contributed by atoms with Crippen molar-refractivity contribution in [2.24, 2.45) is 17.3 Å². The number of hydrogen-bond acceptors (Lipinski definition) is 5. The highest BCUT2D eigenvalue weighted by Crippen LogP contribution is 2.53. The molecule has 1 aliphatic carbocycles. The van der Waals surface area contributed by atoms with Gasteiger partial charge in [0.2, 0.25) is 0 Å². The van der Waals surface area contributed by atoms with E-state index in [0.717, 1.165) is 5.57 Å². The second-order valence-corrected chi connectivity index (χ2v) is 6.54. The first kappa shape index (κ1) is 16.8. The van der Waals surface area contributed by atoms with E-state index in [2.05, 4.69) is 6.07 Å². The highest BCUT2D eigenvalue weighted by molar-refractivity contribution is 6.00. The maximum absolute atomic E-state index is 14.6. The predicted octanol–water partition coefficient (Wildman–Crippen LogP) is 2.60. The molecule has 1 unspecified atom stereocenters. The Balaban J connectivity index is 2.30. The summed E-state index contributed by atoms with van der Waals surface area (Å²) in [7, 11) is 1.90. The van der Waals surface area contributed by atoms with Crippen LogP contribution >= 0.6 is 0 Å². The second kappa shape index (κ2) is 6.13. The molecule has 1 aliphatic heterocycles. The van der Waals surface area contributed by atoms with E-state index >= 15 is 0 Å². The molecule has 3 atom stereocenters. The molecule has 0 radical (unpaired) electrons. The molecule has 1 heterocycles. The number of benzene rings is 1. The summed E-state index contributed by atoms with van der Waals surface area (Å²) in [6.45, 7) is 1.12. The van der Waals surface area contributed by atoms with Crippen LogP contribution in [0.3, 0.4) is 0 Å². The molecule has 0 bridgehead atoms. The van der Waals surface area contributed by atoms with E-state index in [-0.39, 0.29) is 17.2 Å². The molecule has 1 aromatic carbocycles. The van der Waals surface area contributed by atoms with Crippen molar-refractivity contribution in [2.75, 3.05) is 20.1 Å². The van der Waals surface area contributed by atoms with E-state index in [1.807, 2.05) is 30.2 Å². The number of nitrogens with zero attached hydrogens (tertiary/aromatic N) is 4. The summed E-state index contributed by atoms with van der Waals surface area (Å²) in [6, 6.07) is 12.1. The van der Waals surface area contributed by atoms with Crippen LogP contribution in [-0.2, 0) is 0 Å². The van der Waals surface area contributed by atoms with Gasteiger partial charge < -0.3 is 10.3 Å². The minimum atomic E-state index is -1.86. The molecule has 0 aromatic heterocycles. The summed E-state index contributed by atoms with van der Waals surface area (Å²) in [5.74, 6) is -2.61. The zero-order valence-corrected chi connectivity index (χ0v) is 13.7. The molecule has 2 aliphatic rings. The fourth-order valence-electron chi connectivity index (χ4n) is 4.02. The first-order chi connectivity index (χ1) is 12.0. The van der Waals surface area contributed by atoms with Crippen molar-refractivity contribution in [2.45, 2.75) is 5.92 Å². The third kappa shape index (κ3) is 2.33. The Hall–Kier alpha value is -3.01. The molecule has 5 nitrogen and oxygen atoms in total. The fraction of sp³-hybridized carbons (Fsp3) is 0.368. The lowest BCUT2D eigenvalue weighted by atomic mass is 9.54. The molecular formula is C19H16FN5. The van der Waals surface area contributed by atoms with Gasteiger partial charge in [-0.1, -0.05) is 24.3 Å². The topological polar surface area (TPSA) is 98.5 Å². The molecule has 124 valence electrons. The second-order valence-electron chi connectivity index (χ2n) is 6.54. The zero-order chi connectivity index (χ0) is 18.2. The summed E-state index contributed by atoms with van der Waals surface area (Å²) < 4.78 is 14.6. The number of likely N-dealkylation sites (N-methyl/N-ethyl adjacent to an activating group) is 1. The lowest BCUT2D eigenvalue weighted by Gasteiger charge is -2.47. The van der Waals surface area contributed by atoms with E-state index in [0.29, 0.717) is 13.1 Å². The van der Waals surface area contributed by atoms with Gasteiger partial charge in [0.15, 0.2) is 5.41 Å². The van der Waals surface area contributed by atoms with E-state index in [1.54, 1.807) is 18.2 Å². The first-order valence-corrected chi connectivity index (χ1v) is 7.94. The normalized spacial score (nSPS) is 28.0. The van der Waals surface area contributed by atoms with Crippen LogP contribution in [-0.4, -0.2) is 30.7 Å². The van der Waals surface area contributed by atoms with Crippen LogP contribution in [0.5, 0.6) is 0 Å². The molecule has 1 fully saturated rings. The van der Waals surface area contributed by atoms with E-state index in [1.165, 1.54) is 6.07 Å². The lowest BCUT2D eigenvalue weighted by Crippen LogP contribution is -2.52. The largest absolute Gasteiger partial charge is 0.305 e. The van der Waals surface area contributed by atoms with Crippen LogP contribution in [0.25, 0.3) is 0 Å². The van der Waals surface area contributed by atoms with E-state index in [9.17, 15) is 20.2 Å². The Labute approximate surface area is 145 Å². The molecule has 1 aromatic rings. The molecule has 6 heteroatoms. The van der Waals surface area contributed by atoms with Crippen LogP contribution in [0, 0.1) is 62.5 Å². The third-order valence-electron chi connectivity index (χ3n) is 5.21. The monoisotopic (exact) mass is 333 g/mol. The Morgan fingerprint density at radius 1 is 1.24 bits per heavy atom. The predicted molar refractivity (Wildman–Crippen MR) is 88.7 cm³/mol. The van der Waals surface area contributed by atoms with Crippen LogP contribution in [0.4, 0.5) is 4.39 Å². The molecule has 0 saturated heterocycles.